The van der Waals surface area contributed by atoms with Crippen LogP contribution >= 0.6 is 11.6 Å². The molecule has 20 heavy (non-hydrogen) atoms. The van der Waals surface area contributed by atoms with Crippen LogP contribution in [0.2, 0.25) is 5.02 Å². The van der Waals surface area contributed by atoms with Gasteiger partial charge in [-0.05, 0) is 31.2 Å². The van der Waals surface area contributed by atoms with E-state index in [1.807, 2.05) is 0 Å². The molecule has 106 valence electrons. The van der Waals surface area contributed by atoms with Gasteiger partial charge in [-0.15, -0.1) is 0 Å². The largest absolute Gasteiger partial charge is 0.488 e. The van der Waals surface area contributed by atoms with Crippen LogP contribution in [0.5, 0.6) is 5.75 Å². The Morgan fingerprint density at radius 2 is 2.00 bits per heavy atom. The van der Waals surface area contributed by atoms with Crippen LogP contribution in [0.1, 0.15) is 24.1 Å². The smallest absolute Gasteiger partial charge is 0.148 e. The maximum absolute atomic E-state index is 13.7. The van der Waals surface area contributed by atoms with E-state index in [-0.39, 0.29) is 17.7 Å². The number of nitrogens with two attached hydrogens (primary N) is 1. The molecule has 2 aromatic carbocycles. The quantitative estimate of drug-likeness (QED) is 0.917. The molecule has 0 aliphatic heterocycles. The van der Waals surface area contributed by atoms with E-state index in [1.54, 1.807) is 19.1 Å². The fourth-order valence-electron chi connectivity index (χ4n) is 1.82. The van der Waals surface area contributed by atoms with E-state index in [1.165, 1.54) is 24.3 Å². The predicted octanol–water partition coefficient (Wildman–Crippen LogP) is 4.22. The van der Waals surface area contributed by atoms with Crippen LogP contribution in [0, 0.1) is 11.6 Å². The summed E-state index contributed by atoms with van der Waals surface area (Å²) >= 11 is 5.70. The van der Waals surface area contributed by atoms with E-state index in [9.17, 15) is 8.78 Å². The average Bonchev–Trinajstić information content (AvgIpc) is 2.41. The van der Waals surface area contributed by atoms with Gasteiger partial charge in [0.2, 0.25) is 0 Å². The van der Waals surface area contributed by atoms with Gasteiger partial charge in [-0.2, -0.15) is 0 Å². The molecule has 0 heterocycles. The van der Waals surface area contributed by atoms with Gasteiger partial charge in [0.05, 0.1) is 5.02 Å². The zero-order valence-electron chi connectivity index (χ0n) is 10.9. The lowest BCUT2D eigenvalue weighted by atomic mass is 10.1. The minimum Gasteiger partial charge on any atom is -0.488 e. The van der Waals surface area contributed by atoms with Crippen LogP contribution in [0.4, 0.5) is 8.78 Å². The average molecular weight is 298 g/mol. The molecule has 0 aliphatic carbocycles. The van der Waals surface area contributed by atoms with E-state index in [2.05, 4.69) is 0 Å². The summed E-state index contributed by atoms with van der Waals surface area (Å²) in [6.45, 7) is 1.72. The first-order valence-electron chi connectivity index (χ1n) is 6.09. The van der Waals surface area contributed by atoms with Crippen LogP contribution in [-0.2, 0) is 6.61 Å². The molecule has 0 saturated heterocycles. The highest BCUT2D eigenvalue weighted by Gasteiger charge is 2.12. The van der Waals surface area contributed by atoms with Gasteiger partial charge < -0.3 is 10.5 Å². The Labute approximate surface area is 121 Å². The number of benzene rings is 2. The lowest BCUT2D eigenvalue weighted by Crippen LogP contribution is -2.09. The standard InChI is InChI=1S/C15H14ClF2NO/c1-9(19)12-7-11(17)5-6-14(12)20-8-10-3-2-4-13(16)15(10)18/h2-7,9H,8,19H2,1H3/t9-/m1/s1. The second-order valence-electron chi connectivity index (χ2n) is 4.47. The highest BCUT2D eigenvalue weighted by molar-refractivity contribution is 6.30. The van der Waals surface area contributed by atoms with Crippen molar-refractivity contribution < 1.29 is 13.5 Å². The van der Waals surface area contributed by atoms with Crippen molar-refractivity contribution in [1.29, 1.82) is 0 Å². The third kappa shape index (κ3) is 3.26. The molecule has 0 fully saturated rings. The van der Waals surface area contributed by atoms with Gasteiger partial charge in [0, 0.05) is 17.2 Å². The van der Waals surface area contributed by atoms with Gasteiger partial charge in [-0.1, -0.05) is 23.7 Å². The molecule has 0 radical (unpaired) electrons. The zero-order valence-corrected chi connectivity index (χ0v) is 11.6. The van der Waals surface area contributed by atoms with Gasteiger partial charge in [0.25, 0.3) is 0 Å². The maximum atomic E-state index is 13.7. The third-order valence-electron chi connectivity index (χ3n) is 2.88. The minimum absolute atomic E-state index is 0.00224. The highest BCUT2D eigenvalue weighted by atomic mass is 35.5. The van der Waals surface area contributed by atoms with E-state index < -0.39 is 11.6 Å². The van der Waals surface area contributed by atoms with Gasteiger partial charge >= 0.3 is 0 Å². The summed E-state index contributed by atoms with van der Waals surface area (Å²) in [5.41, 5.74) is 6.63. The molecule has 5 heteroatoms. The third-order valence-corrected chi connectivity index (χ3v) is 3.17. The molecule has 2 aromatic rings. The topological polar surface area (TPSA) is 35.2 Å². The first-order valence-corrected chi connectivity index (χ1v) is 6.47. The fourth-order valence-corrected chi connectivity index (χ4v) is 2.02. The monoisotopic (exact) mass is 297 g/mol. The number of hydrogen-bond acceptors (Lipinski definition) is 2. The predicted molar refractivity (Wildman–Crippen MR) is 74.7 cm³/mol. The normalized spacial score (nSPS) is 12.2. The van der Waals surface area contributed by atoms with E-state index in [0.29, 0.717) is 16.9 Å². The summed E-state index contributed by atoms with van der Waals surface area (Å²) < 4.78 is 32.5. The number of ether oxygens (including phenoxy) is 1. The molecule has 0 amide bonds. The lowest BCUT2D eigenvalue weighted by molar-refractivity contribution is 0.295. The van der Waals surface area contributed by atoms with Crippen LogP contribution in [0.3, 0.4) is 0 Å². The highest BCUT2D eigenvalue weighted by Crippen LogP contribution is 2.26. The minimum atomic E-state index is -0.515. The zero-order chi connectivity index (χ0) is 14.7. The second kappa shape index (κ2) is 6.20. The molecule has 0 spiro atoms. The van der Waals surface area contributed by atoms with Crippen LogP contribution in [0.25, 0.3) is 0 Å². The van der Waals surface area contributed by atoms with Crippen molar-refractivity contribution in [3.63, 3.8) is 0 Å². The van der Waals surface area contributed by atoms with E-state index in [0.717, 1.165) is 0 Å². The molecule has 2 N–H and O–H groups in total. The van der Waals surface area contributed by atoms with Crippen molar-refractivity contribution in [2.45, 2.75) is 19.6 Å². The summed E-state index contributed by atoms with van der Waals surface area (Å²) in [4.78, 5) is 0. The molecule has 2 nitrogen and oxygen atoms in total. The van der Waals surface area contributed by atoms with Crippen molar-refractivity contribution in [2.75, 3.05) is 0 Å². The second-order valence-corrected chi connectivity index (χ2v) is 4.88. The Morgan fingerprint density at radius 1 is 1.25 bits per heavy atom. The molecule has 0 saturated carbocycles. The van der Waals surface area contributed by atoms with Crippen molar-refractivity contribution in [2.24, 2.45) is 5.73 Å². The van der Waals surface area contributed by atoms with Gasteiger partial charge in [-0.25, -0.2) is 8.78 Å². The van der Waals surface area contributed by atoms with E-state index >= 15 is 0 Å². The summed E-state index contributed by atoms with van der Waals surface area (Å²) in [7, 11) is 0. The number of rotatable bonds is 4. The Kier molecular flexibility index (Phi) is 4.57. The van der Waals surface area contributed by atoms with Crippen LogP contribution in [-0.4, -0.2) is 0 Å². The molecule has 0 aliphatic rings. The summed E-state index contributed by atoms with van der Waals surface area (Å²) in [6.07, 6.45) is 0. The summed E-state index contributed by atoms with van der Waals surface area (Å²) in [5, 5.41) is 0.0395. The first kappa shape index (κ1) is 14.8. The van der Waals surface area contributed by atoms with Crippen molar-refractivity contribution in [3.8, 4) is 5.75 Å². The van der Waals surface area contributed by atoms with Crippen molar-refractivity contribution >= 4 is 11.6 Å². The van der Waals surface area contributed by atoms with Crippen LogP contribution in [0.15, 0.2) is 36.4 Å². The molecule has 1 atom stereocenters. The lowest BCUT2D eigenvalue weighted by Gasteiger charge is -2.14. The molecule has 0 aromatic heterocycles. The fraction of sp³-hybridized carbons (Fsp3) is 0.200. The number of hydrogen-bond donors (Lipinski definition) is 1. The Balaban J connectivity index is 2.21. The van der Waals surface area contributed by atoms with Gasteiger partial charge in [0.1, 0.15) is 24.0 Å². The Morgan fingerprint density at radius 3 is 2.70 bits per heavy atom. The molecule has 2 rings (SSSR count). The van der Waals surface area contributed by atoms with E-state index in [4.69, 9.17) is 22.1 Å². The molecule has 0 bridgehead atoms. The summed E-state index contributed by atoms with van der Waals surface area (Å²) in [6, 6.07) is 8.37. The number of halogens is 3. The first-order chi connectivity index (χ1) is 9.49. The molecule has 0 unspecified atom stereocenters. The van der Waals surface area contributed by atoms with Crippen LogP contribution < -0.4 is 10.5 Å². The SMILES string of the molecule is C[C@@H](N)c1cc(F)ccc1OCc1cccc(Cl)c1F. The maximum Gasteiger partial charge on any atom is 0.148 e. The molecular formula is C15H14ClF2NO. The Hall–Kier alpha value is -1.65. The van der Waals surface area contributed by atoms with Crippen molar-refractivity contribution in [3.05, 3.63) is 64.2 Å². The van der Waals surface area contributed by atoms with Gasteiger partial charge in [-0.3, -0.25) is 0 Å². The van der Waals surface area contributed by atoms with Gasteiger partial charge in [0.15, 0.2) is 0 Å². The molecular weight excluding hydrogens is 284 g/mol. The van der Waals surface area contributed by atoms with Crippen molar-refractivity contribution in [1.82, 2.24) is 0 Å². The Bertz CT molecular complexity index is 617. The summed E-state index contributed by atoms with van der Waals surface area (Å²) in [5.74, 6) is -0.474.